The lowest BCUT2D eigenvalue weighted by atomic mass is 9.64. The summed E-state index contributed by atoms with van der Waals surface area (Å²) in [5.74, 6) is -6.52. The molecule has 1 aliphatic rings. The van der Waals surface area contributed by atoms with Gasteiger partial charge in [0, 0.05) is 5.41 Å². The van der Waals surface area contributed by atoms with Gasteiger partial charge in [-0.05, 0) is 211 Å². The maximum absolute atomic E-state index is 12.1. The predicted molar refractivity (Wildman–Crippen MR) is 296 cm³/mol. The van der Waals surface area contributed by atoms with Gasteiger partial charge in [0.15, 0.2) is 0 Å². The number of aromatic carboxylic acids is 6. The van der Waals surface area contributed by atoms with Crippen LogP contribution in [0.3, 0.4) is 0 Å². The van der Waals surface area contributed by atoms with Crippen LogP contribution < -0.4 is 0 Å². The molecule has 0 fully saturated rings. The molecule has 6 N–H and O–H groups in total. The largest absolute Gasteiger partial charge is 0.478 e. The highest BCUT2D eigenvalue weighted by atomic mass is 16.4. The van der Waals surface area contributed by atoms with E-state index in [4.69, 9.17) is 0 Å². The van der Waals surface area contributed by atoms with Gasteiger partial charge in [-0.25, -0.2) is 28.8 Å². The van der Waals surface area contributed by atoms with Crippen molar-refractivity contribution in [2.24, 2.45) is 0 Å². The number of benzene rings is 9. The molecule has 0 heterocycles. The first-order chi connectivity index (χ1) is 37.5. The van der Waals surface area contributed by atoms with Gasteiger partial charge in [-0.3, -0.25) is 0 Å². The van der Waals surface area contributed by atoms with Crippen molar-refractivity contribution in [1.29, 1.82) is 0 Å². The summed E-state index contributed by atoms with van der Waals surface area (Å²) in [5, 5.41) is 59.0. The average molecular weight is 1030 g/mol. The first kappa shape index (κ1) is 50.8. The molecule has 9 aromatic carbocycles. The fourth-order valence-corrected chi connectivity index (χ4v) is 9.96. The monoisotopic (exact) mass is 1030 g/mol. The molecule has 10 rings (SSSR count). The Labute approximate surface area is 446 Å². The Morgan fingerprint density at radius 2 is 0.564 bits per heavy atom. The Balaban J connectivity index is 1.25. The van der Waals surface area contributed by atoms with Crippen molar-refractivity contribution in [3.05, 3.63) is 274 Å². The van der Waals surface area contributed by atoms with Gasteiger partial charge in [-0.2, -0.15) is 0 Å². The normalized spacial score (nSPS) is 13.9. The molecule has 1 aliphatic carbocycles. The van der Waals surface area contributed by atoms with Gasteiger partial charge in [0.05, 0.1) is 33.4 Å². The van der Waals surface area contributed by atoms with Crippen LogP contribution in [0.25, 0.3) is 66.8 Å². The summed E-state index contributed by atoms with van der Waals surface area (Å²) in [6, 6.07) is 59.1. The summed E-state index contributed by atoms with van der Waals surface area (Å²) in [5.41, 5.74) is 11.2. The Morgan fingerprint density at radius 3 is 0.897 bits per heavy atom. The second-order valence-electron chi connectivity index (χ2n) is 18.9. The lowest BCUT2D eigenvalue weighted by Crippen LogP contribution is -2.28. The van der Waals surface area contributed by atoms with Crippen LogP contribution in [0, 0.1) is 0 Å². The molecule has 1 unspecified atom stereocenters. The molecule has 1 atom stereocenters. The van der Waals surface area contributed by atoms with Crippen LogP contribution in [-0.4, -0.2) is 66.5 Å². The van der Waals surface area contributed by atoms with Gasteiger partial charge in [0.2, 0.25) is 0 Å². The Morgan fingerprint density at radius 1 is 0.282 bits per heavy atom. The number of hydrogen-bond donors (Lipinski definition) is 6. The molecular formula is C66H44O12. The summed E-state index contributed by atoms with van der Waals surface area (Å²) < 4.78 is 0. The highest BCUT2D eigenvalue weighted by molar-refractivity contribution is 5.95. The minimum atomic E-state index is -1.13. The average Bonchev–Trinajstić information content (AvgIpc) is 3.64. The van der Waals surface area contributed by atoms with Crippen LogP contribution in [0.4, 0.5) is 0 Å². The number of carboxylic acids is 6. The van der Waals surface area contributed by atoms with Gasteiger partial charge in [-0.1, -0.05) is 103 Å². The molecule has 9 aromatic rings. The van der Waals surface area contributed by atoms with Crippen molar-refractivity contribution in [2.75, 3.05) is 0 Å². The van der Waals surface area contributed by atoms with Gasteiger partial charge < -0.3 is 30.6 Å². The predicted octanol–water partition coefficient (Wildman–Crippen LogP) is 14.1. The minimum Gasteiger partial charge on any atom is -0.478 e. The first-order valence-electron chi connectivity index (χ1n) is 24.4. The fourth-order valence-electron chi connectivity index (χ4n) is 9.96. The Kier molecular flexibility index (Phi) is 13.6. The zero-order chi connectivity index (χ0) is 54.8. The summed E-state index contributed by atoms with van der Waals surface area (Å²) >= 11 is 0. The van der Waals surface area contributed by atoms with Crippen LogP contribution in [0.2, 0.25) is 0 Å². The highest BCUT2D eigenvalue weighted by Crippen LogP contribution is 2.50. The van der Waals surface area contributed by atoms with E-state index in [9.17, 15) is 59.4 Å². The lowest BCUT2D eigenvalue weighted by molar-refractivity contribution is 0.0686. The third-order valence-corrected chi connectivity index (χ3v) is 14.1. The zero-order valence-corrected chi connectivity index (χ0v) is 41.1. The summed E-state index contributed by atoms with van der Waals surface area (Å²) in [4.78, 5) is 72.2. The summed E-state index contributed by atoms with van der Waals surface area (Å²) in [6.07, 6.45) is 4.43. The molecule has 380 valence electrons. The van der Waals surface area contributed by atoms with Gasteiger partial charge in [-0.15, -0.1) is 0 Å². The van der Waals surface area contributed by atoms with Crippen LogP contribution in [-0.2, 0) is 5.41 Å². The van der Waals surface area contributed by atoms with E-state index in [2.05, 4.69) is 12.1 Å². The van der Waals surface area contributed by atoms with E-state index in [1.54, 1.807) is 72.8 Å². The number of carbonyl (C=O) groups is 6. The van der Waals surface area contributed by atoms with Gasteiger partial charge >= 0.3 is 35.8 Å². The van der Waals surface area contributed by atoms with Crippen LogP contribution in [0.5, 0.6) is 0 Å². The number of rotatable bonds is 15. The molecule has 12 heteroatoms. The molecule has 0 amide bonds. The maximum atomic E-state index is 12.1. The second-order valence-corrected chi connectivity index (χ2v) is 18.9. The fraction of sp³-hybridized carbons (Fsp3) is 0.0303. The second kappa shape index (κ2) is 20.9. The van der Waals surface area contributed by atoms with Crippen molar-refractivity contribution < 1.29 is 59.4 Å². The number of allylic oxidation sites excluding steroid dienone is 4. The molecular weight excluding hydrogens is 985 g/mol. The molecule has 12 nitrogen and oxygen atoms in total. The molecule has 0 saturated heterocycles. The molecule has 0 spiro atoms. The highest BCUT2D eigenvalue weighted by Gasteiger charge is 2.38. The quantitative estimate of drug-likeness (QED) is 0.0564. The van der Waals surface area contributed by atoms with E-state index in [0.29, 0.717) is 33.4 Å². The van der Waals surface area contributed by atoms with Crippen molar-refractivity contribution in [1.82, 2.24) is 0 Å². The van der Waals surface area contributed by atoms with Crippen LogP contribution >= 0.6 is 0 Å². The van der Waals surface area contributed by atoms with Crippen molar-refractivity contribution in [3.8, 4) is 55.6 Å². The van der Waals surface area contributed by atoms with Gasteiger partial charge in [0.1, 0.15) is 0 Å². The van der Waals surface area contributed by atoms with Gasteiger partial charge in [0.25, 0.3) is 0 Å². The maximum Gasteiger partial charge on any atom is 0.335 e. The molecule has 0 radical (unpaired) electrons. The Hall–Kier alpha value is -10.7. The van der Waals surface area contributed by atoms with Crippen molar-refractivity contribution in [3.63, 3.8) is 0 Å². The van der Waals surface area contributed by atoms with Crippen molar-refractivity contribution in [2.45, 2.75) is 11.8 Å². The van der Waals surface area contributed by atoms with Crippen LogP contribution in [0.15, 0.2) is 218 Å². The van der Waals surface area contributed by atoms with Crippen LogP contribution in [0.1, 0.15) is 90.8 Å². The third kappa shape index (κ3) is 10.4. The summed E-state index contributed by atoms with van der Waals surface area (Å²) in [7, 11) is 0. The minimum absolute atomic E-state index is 0.0834. The third-order valence-electron chi connectivity index (χ3n) is 14.1. The Bertz CT molecular complexity index is 3790. The molecule has 0 aliphatic heterocycles. The van der Waals surface area contributed by atoms with E-state index in [0.717, 1.165) is 55.6 Å². The molecule has 0 bridgehead atoms. The van der Waals surface area contributed by atoms with E-state index >= 15 is 0 Å². The summed E-state index contributed by atoms with van der Waals surface area (Å²) in [6.45, 7) is 0. The van der Waals surface area contributed by atoms with E-state index < -0.39 is 41.2 Å². The number of hydrogen-bond acceptors (Lipinski definition) is 6. The van der Waals surface area contributed by atoms with E-state index in [1.165, 1.54) is 72.8 Å². The molecule has 78 heavy (non-hydrogen) atoms. The SMILES string of the molecule is O=C(O)c1ccc(C2=CC(c3cccc(-c4cc(-c5ccc(C(=O)O)cc5)cc(-c5ccc(C(=O)O)cc5)c4)c3)(c3cc(-c4ccc(C(=O)O)cc4)cc(-c4ccc(C(=O)O)cc4)c3)CC(c3ccc(C(=O)O)cc3)=C2)cc1. The molecule has 0 saturated carbocycles. The van der Waals surface area contributed by atoms with Crippen molar-refractivity contribution >= 4 is 47.0 Å². The molecule has 0 aromatic heterocycles. The number of carboxylic acid groups (broad SMARTS) is 6. The van der Waals surface area contributed by atoms with E-state index in [1.807, 2.05) is 60.7 Å². The topological polar surface area (TPSA) is 224 Å². The smallest absolute Gasteiger partial charge is 0.335 e. The zero-order valence-electron chi connectivity index (χ0n) is 41.1. The van der Waals surface area contributed by atoms with E-state index in [-0.39, 0.29) is 39.8 Å². The lowest BCUT2D eigenvalue weighted by Gasteiger charge is -2.38. The first-order valence-corrected chi connectivity index (χ1v) is 24.4. The standard InChI is InChI=1S/C66H44O12/c67-60(68)44-16-4-38(5-17-44)51-28-52(39-6-18-45(19-7-39)61(69)70)30-53(29-51)50-2-1-3-58(33-50)66(36-56(42-12-24-48(25-13-42)64(75)76)32-57(37-66)43-14-26-49(27-15-43)65(77)78)59-34-54(40-8-20-46(21-9-40)62(71)72)31-55(35-59)41-10-22-47(23-11-41)63(73)74/h1-36H,37H2,(H,67,68)(H,69,70)(H,71,72)(H,73,74)(H,75,76)(H,77,78).